The molecule has 0 fully saturated rings. The van der Waals surface area contributed by atoms with Crippen LogP contribution in [0, 0.1) is 5.92 Å². The van der Waals surface area contributed by atoms with Crippen molar-refractivity contribution < 1.29 is 19.0 Å². The van der Waals surface area contributed by atoms with Crippen LogP contribution in [-0.4, -0.2) is 65.3 Å². The second kappa shape index (κ2) is 13.2. The van der Waals surface area contributed by atoms with Gasteiger partial charge in [-0.2, -0.15) is 5.10 Å². The van der Waals surface area contributed by atoms with E-state index in [0.29, 0.717) is 46.7 Å². The fourth-order valence-electron chi connectivity index (χ4n) is 3.51. The van der Waals surface area contributed by atoms with Crippen molar-refractivity contribution in [3.8, 4) is 17.2 Å². The second-order valence-electron chi connectivity index (χ2n) is 8.98. The zero-order valence-corrected chi connectivity index (χ0v) is 23.3. The fourth-order valence-corrected chi connectivity index (χ4v) is 4.22. The summed E-state index contributed by atoms with van der Waals surface area (Å²) in [5, 5.41) is 12.7. The molecule has 3 rings (SSSR count). The third-order valence-electron chi connectivity index (χ3n) is 5.23. The minimum Gasteiger partial charge on any atom is -0.493 e. The van der Waals surface area contributed by atoms with E-state index in [1.54, 1.807) is 62.2 Å². The van der Waals surface area contributed by atoms with E-state index in [0.717, 1.165) is 29.0 Å². The number of nitrogens with zero attached hydrogens (tertiary/aromatic N) is 4. The molecule has 1 amide bonds. The normalized spacial score (nSPS) is 11.5. The Kier molecular flexibility index (Phi) is 10.0. The lowest BCUT2D eigenvalue weighted by Crippen LogP contribution is -2.25. The van der Waals surface area contributed by atoms with Crippen molar-refractivity contribution in [2.45, 2.75) is 44.6 Å². The average molecular weight is 529 g/mol. The molecule has 0 unspecified atom stereocenters. The summed E-state index contributed by atoms with van der Waals surface area (Å²) in [5.74, 6) is 2.57. The first-order chi connectivity index (χ1) is 17.7. The summed E-state index contributed by atoms with van der Waals surface area (Å²) in [5.41, 5.74) is 1.49. The van der Waals surface area contributed by atoms with Crippen molar-refractivity contribution in [2.24, 2.45) is 5.92 Å². The minimum atomic E-state index is -0.227. The van der Waals surface area contributed by atoms with Crippen LogP contribution in [0.2, 0.25) is 0 Å². The van der Waals surface area contributed by atoms with Gasteiger partial charge in [-0.05, 0) is 29.7 Å². The molecule has 10 nitrogen and oxygen atoms in total. The smallest absolute Gasteiger partial charge is 0.244 e. The SMILES string of the molecule is COc1cc(/C=C\C(=O)NCCn2ncc3c(NCC(C)C)nc(SC(C)C)nc32)cc(OC)c1OC. The molecule has 0 radical (unpaired) electrons. The van der Waals surface area contributed by atoms with Crippen LogP contribution in [0.4, 0.5) is 5.82 Å². The van der Waals surface area contributed by atoms with Gasteiger partial charge in [0.1, 0.15) is 5.82 Å². The maximum Gasteiger partial charge on any atom is 0.244 e. The van der Waals surface area contributed by atoms with Crippen LogP contribution in [0.1, 0.15) is 33.3 Å². The molecule has 0 atom stereocenters. The van der Waals surface area contributed by atoms with Gasteiger partial charge in [0, 0.05) is 24.4 Å². The molecule has 2 aromatic heterocycles. The number of carbonyl (C=O) groups excluding carboxylic acids is 1. The van der Waals surface area contributed by atoms with E-state index >= 15 is 0 Å². The third kappa shape index (κ3) is 7.51. The predicted octanol–water partition coefficient (Wildman–Crippen LogP) is 4.25. The summed E-state index contributed by atoms with van der Waals surface area (Å²) >= 11 is 1.61. The number of hydrogen-bond acceptors (Lipinski definition) is 9. The van der Waals surface area contributed by atoms with E-state index < -0.39 is 0 Å². The summed E-state index contributed by atoms with van der Waals surface area (Å²) in [6, 6.07) is 3.55. The Bertz CT molecular complexity index is 1220. The highest BCUT2D eigenvalue weighted by molar-refractivity contribution is 7.99. The first-order valence-corrected chi connectivity index (χ1v) is 13.0. The lowest BCUT2D eigenvalue weighted by atomic mass is 10.1. The molecule has 0 aliphatic rings. The lowest BCUT2D eigenvalue weighted by molar-refractivity contribution is -0.116. The van der Waals surface area contributed by atoms with Gasteiger partial charge in [0.2, 0.25) is 11.7 Å². The van der Waals surface area contributed by atoms with Crippen LogP contribution in [-0.2, 0) is 11.3 Å². The molecule has 0 saturated heterocycles. The summed E-state index contributed by atoms with van der Waals surface area (Å²) in [6.45, 7) is 10.2. The number of methoxy groups -OCH3 is 3. The Balaban J connectivity index is 1.69. The standard InChI is InChI=1S/C26H36N6O4S/c1-16(2)14-28-24-19-15-29-32(25(19)31-26(30-24)37-17(3)4)11-10-27-22(33)9-8-18-12-20(34-5)23(36-7)21(13-18)35-6/h8-9,12-13,15-17H,10-11,14H2,1-7H3,(H,27,33)(H,28,30,31)/b9-8-. The molecule has 0 aliphatic heterocycles. The van der Waals surface area contributed by atoms with Crippen LogP contribution in [0.15, 0.2) is 29.6 Å². The number of aromatic nitrogens is 4. The lowest BCUT2D eigenvalue weighted by Gasteiger charge is -2.12. The van der Waals surface area contributed by atoms with Gasteiger partial charge >= 0.3 is 0 Å². The zero-order chi connectivity index (χ0) is 26.9. The number of thioether (sulfide) groups is 1. The molecular formula is C26H36N6O4S. The maximum absolute atomic E-state index is 12.5. The van der Waals surface area contributed by atoms with Gasteiger partial charge in [-0.15, -0.1) is 0 Å². The molecule has 0 saturated carbocycles. The van der Waals surface area contributed by atoms with Crippen molar-refractivity contribution in [3.05, 3.63) is 30.0 Å². The van der Waals surface area contributed by atoms with Crippen LogP contribution >= 0.6 is 11.8 Å². The maximum atomic E-state index is 12.5. The number of fused-ring (bicyclic) bond motifs is 1. The van der Waals surface area contributed by atoms with Crippen LogP contribution < -0.4 is 24.8 Å². The highest BCUT2D eigenvalue weighted by Gasteiger charge is 2.15. The second-order valence-corrected chi connectivity index (χ2v) is 10.5. The first-order valence-electron chi connectivity index (χ1n) is 12.2. The van der Waals surface area contributed by atoms with Crippen LogP contribution in [0.3, 0.4) is 0 Å². The fraction of sp³-hybridized carbons (Fsp3) is 0.462. The Hall–Kier alpha value is -3.47. The topological polar surface area (TPSA) is 112 Å². The number of amides is 1. The van der Waals surface area contributed by atoms with Gasteiger partial charge in [-0.3, -0.25) is 4.79 Å². The number of ether oxygens (including phenoxy) is 3. The zero-order valence-electron chi connectivity index (χ0n) is 22.5. The largest absolute Gasteiger partial charge is 0.493 e. The van der Waals surface area contributed by atoms with Crippen molar-refractivity contribution in [3.63, 3.8) is 0 Å². The highest BCUT2D eigenvalue weighted by Crippen LogP contribution is 2.38. The Morgan fingerprint density at radius 3 is 2.38 bits per heavy atom. The molecule has 0 spiro atoms. The molecular weight excluding hydrogens is 492 g/mol. The quantitative estimate of drug-likeness (QED) is 0.191. The Morgan fingerprint density at radius 2 is 1.78 bits per heavy atom. The number of carbonyl (C=O) groups is 1. The van der Waals surface area contributed by atoms with Gasteiger partial charge < -0.3 is 24.8 Å². The molecule has 11 heteroatoms. The highest BCUT2D eigenvalue weighted by atomic mass is 32.2. The molecule has 200 valence electrons. The number of hydrogen-bond donors (Lipinski definition) is 2. The third-order valence-corrected chi connectivity index (χ3v) is 6.10. The molecule has 2 N–H and O–H groups in total. The van der Waals surface area contributed by atoms with E-state index in [2.05, 4.69) is 43.4 Å². The van der Waals surface area contributed by atoms with Crippen LogP contribution in [0.25, 0.3) is 17.1 Å². The summed E-state index contributed by atoms with van der Waals surface area (Å²) in [7, 11) is 4.65. The van der Waals surface area contributed by atoms with Gasteiger partial charge in [0.15, 0.2) is 22.3 Å². The van der Waals surface area contributed by atoms with Gasteiger partial charge in [-0.25, -0.2) is 14.6 Å². The van der Waals surface area contributed by atoms with Gasteiger partial charge in [-0.1, -0.05) is 39.5 Å². The van der Waals surface area contributed by atoms with Crippen molar-refractivity contribution in [2.75, 3.05) is 39.7 Å². The molecule has 2 heterocycles. The number of anilines is 1. The van der Waals surface area contributed by atoms with E-state index in [4.69, 9.17) is 24.2 Å². The van der Waals surface area contributed by atoms with Crippen molar-refractivity contribution >= 4 is 40.6 Å². The molecule has 3 aromatic rings. The Morgan fingerprint density at radius 1 is 1.08 bits per heavy atom. The van der Waals surface area contributed by atoms with Gasteiger partial charge in [0.05, 0.1) is 39.5 Å². The Labute approximate surface area is 222 Å². The molecule has 0 bridgehead atoms. The molecule has 37 heavy (non-hydrogen) atoms. The van der Waals surface area contributed by atoms with Crippen molar-refractivity contribution in [1.29, 1.82) is 0 Å². The van der Waals surface area contributed by atoms with Crippen molar-refractivity contribution in [1.82, 2.24) is 25.1 Å². The first kappa shape index (κ1) is 28.1. The van der Waals surface area contributed by atoms with E-state index in [1.807, 2.05) is 0 Å². The van der Waals surface area contributed by atoms with Crippen LogP contribution in [0.5, 0.6) is 17.2 Å². The van der Waals surface area contributed by atoms with E-state index in [-0.39, 0.29) is 5.91 Å². The molecule has 0 aliphatic carbocycles. The summed E-state index contributed by atoms with van der Waals surface area (Å²) in [6.07, 6.45) is 4.93. The van der Waals surface area contributed by atoms with E-state index in [1.165, 1.54) is 6.08 Å². The number of benzene rings is 1. The summed E-state index contributed by atoms with van der Waals surface area (Å²) < 4.78 is 17.9. The predicted molar refractivity (Wildman–Crippen MR) is 148 cm³/mol. The molecule has 1 aromatic carbocycles. The summed E-state index contributed by atoms with van der Waals surface area (Å²) in [4.78, 5) is 21.9. The van der Waals surface area contributed by atoms with Gasteiger partial charge in [0.25, 0.3) is 0 Å². The van der Waals surface area contributed by atoms with E-state index in [9.17, 15) is 4.79 Å². The number of rotatable bonds is 13. The average Bonchev–Trinajstić information content (AvgIpc) is 3.27. The monoisotopic (exact) mass is 528 g/mol. The minimum absolute atomic E-state index is 0.227. The number of nitrogens with one attached hydrogen (secondary N) is 2.